The second-order valence-electron chi connectivity index (χ2n) is 4.45. The van der Waals surface area contributed by atoms with Gasteiger partial charge in [0.1, 0.15) is 0 Å². The second-order valence-corrected chi connectivity index (χ2v) is 4.45. The Labute approximate surface area is 128 Å². The molecule has 0 saturated heterocycles. The summed E-state index contributed by atoms with van der Waals surface area (Å²) in [5, 5.41) is 3.66. The van der Waals surface area contributed by atoms with Gasteiger partial charge in [-0.25, -0.2) is 10.2 Å². The lowest BCUT2D eigenvalue weighted by molar-refractivity contribution is -0.130. The van der Waals surface area contributed by atoms with Crippen molar-refractivity contribution in [3.05, 3.63) is 23.8 Å². The van der Waals surface area contributed by atoms with Gasteiger partial charge in [-0.05, 0) is 30.7 Å². The smallest absolute Gasteiger partial charge is 0.332 e. The number of primary amides is 1. The van der Waals surface area contributed by atoms with Crippen LogP contribution in [0, 0.1) is 0 Å². The van der Waals surface area contributed by atoms with Crippen molar-refractivity contribution in [2.75, 3.05) is 27.3 Å². The Morgan fingerprint density at radius 3 is 2.64 bits per heavy atom. The van der Waals surface area contributed by atoms with E-state index in [-0.39, 0.29) is 12.5 Å². The van der Waals surface area contributed by atoms with Crippen LogP contribution in [0.2, 0.25) is 0 Å². The average Bonchev–Trinajstić information content (AvgIpc) is 2.46. The minimum Gasteiger partial charge on any atom is -0.490 e. The highest BCUT2D eigenvalue weighted by Gasteiger charge is 2.10. The van der Waals surface area contributed by atoms with Crippen LogP contribution in [0.3, 0.4) is 0 Å². The van der Waals surface area contributed by atoms with Crippen LogP contribution in [0.5, 0.6) is 11.5 Å². The standard InChI is InChI=1S/C14H20N4O4/c1-4-21-12-7-10(8-16-17-14(15)20)5-6-11(12)22-9-13(19)18(2)3/h5-8H,4,9H2,1-3H3,(H3,15,17,20)/b16-8-. The minimum atomic E-state index is -0.747. The predicted molar refractivity (Wildman–Crippen MR) is 82.1 cm³/mol. The molecule has 0 heterocycles. The van der Waals surface area contributed by atoms with Crippen LogP contribution in [-0.2, 0) is 4.79 Å². The molecule has 120 valence electrons. The summed E-state index contributed by atoms with van der Waals surface area (Å²) >= 11 is 0. The van der Waals surface area contributed by atoms with Gasteiger partial charge in [0.2, 0.25) is 0 Å². The molecule has 1 rings (SSSR count). The van der Waals surface area contributed by atoms with E-state index < -0.39 is 6.03 Å². The fraction of sp³-hybridized carbons (Fsp3) is 0.357. The summed E-state index contributed by atoms with van der Waals surface area (Å²) in [6.07, 6.45) is 1.42. The Balaban J connectivity index is 2.83. The van der Waals surface area contributed by atoms with Gasteiger partial charge in [-0.1, -0.05) is 0 Å². The fourth-order valence-corrected chi connectivity index (χ4v) is 1.43. The molecule has 0 saturated carbocycles. The highest BCUT2D eigenvalue weighted by atomic mass is 16.5. The van der Waals surface area contributed by atoms with Crippen LogP contribution in [-0.4, -0.2) is 50.4 Å². The summed E-state index contributed by atoms with van der Waals surface area (Å²) < 4.78 is 10.9. The Morgan fingerprint density at radius 1 is 1.32 bits per heavy atom. The van der Waals surface area contributed by atoms with Crippen molar-refractivity contribution < 1.29 is 19.1 Å². The number of hydrogen-bond acceptors (Lipinski definition) is 5. The Morgan fingerprint density at radius 2 is 2.05 bits per heavy atom. The number of likely N-dealkylation sites (N-methyl/N-ethyl adjacent to an activating group) is 1. The lowest BCUT2D eigenvalue weighted by atomic mass is 10.2. The van der Waals surface area contributed by atoms with Gasteiger partial charge >= 0.3 is 6.03 Å². The molecule has 3 amide bonds. The van der Waals surface area contributed by atoms with Crippen molar-refractivity contribution in [1.29, 1.82) is 0 Å². The van der Waals surface area contributed by atoms with Gasteiger partial charge in [0.05, 0.1) is 12.8 Å². The van der Waals surface area contributed by atoms with E-state index in [0.29, 0.717) is 23.7 Å². The number of nitrogens with two attached hydrogens (primary N) is 1. The van der Waals surface area contributed by atoms with Gasteiger partial charge in [0, 0.05) is 14.1 Å². The Bertz CT molecular complexity index is 558. The molecular formula is C14H20N4O4. The maximum atomic E-state index is 11.5. The van der Waals surface area contributed by atoms with E-state index in [1.165, 1.54) is 11.1 Å². The third-order valence-electron chi connectivity index (χ3n) is 2.51. The zero-order valence-corrected chi connectivity index (χ0v) is 12.8. The van der Waals surface area contributed by atoms with E-state index in [1.807, 2.05) is 6.92 Å². The molecule has 0 unspecified atom stereocenters. The van der Waals surface area contributed by atoms with Crippen molar-refractivity contribution in [2.24, 2.45) is 10.8 Å². The van der Waals surface area contributed by atoms with Crippen LogP contribution in [0.1, 0.15) is 12.5 Å². The van der Waals surface area contributed by atoms with Gasteiger partial charge in [-0.2, -0.15) is 5.10 Å². The molecular weight excluding hydrogens is 288 g/mol. The molecule has 0 aliphatic heterocycles. The summed E-state index contributed by atoms with van der Waals surface area (Å²) in [7, 11) is 3.31. The van der Waals surface area contributed by atoms with Gasteiger partial charge in [-0.15, -0.1) is 0 Å². The van der Waals surface area contributed by atoms with Crippen LogP contribution in [0.25, 0.3) is 0 Å². The fourth-order valence-electron chi connectivity index (χ4n) is 1.43. The SMILES string of the molecule is CCOc1cc(/C=N\NC(N)=O)ccc1OCC(=O)N(C)C. The number of urea groups is 1. The normalized spacial score (nSPS) is 10.3. The molecule has 3 N–H and O–H groups in total. The van der Waals surface area contributed by atoms with Crippen molar-refractivity contribution in [1.82, 2.24) is 10.3 Å². The maximum absolute atomic E-state index is 11.5. The molecule has 0 fully saturated rings. The quantitative estimate of drug-likeness (QED) is 0.567. The maximum Gasteiger partial charge on any atom is 0.332 e. The van der Waals surface area contributed by atoms with Crippen LogP contribution in [0.15, 0.2) is 23.3 Å². The molecule has 1 aromatic carbocycles. The van der Waals surface area contributed by atoms with Crippen LogP contribution < -0.4 is 20.6 Å². The molecule has 8 heteroatoms. The van der Waals surface area contributed by atoms with Gasteiger partial charge < -0.3 is 20.1 Å². The van der Waals surface area contributed by atoms with Crippen LogP contribution >= 0.6 is 0 Å². The number of hydrogen-bond donors (Lipinski definition) is 2. The molecule has 0 aliphatic carbocycles. The zero-order valence-electron chi connectivity index (χ0n) is 12.8. The first kappa shape index (κ1) is 17.3. The number of ether oxygens (including phenoxy) is 2. The average molecular weight is 308 g/mol. The van der Waals surface area contributed by atoms with Crippen molar-refractivity contribution >= 4 is 18.2 Å². The van der Waals surface area contributed by atoms with Gasteiger partial charge in [0.15, 0.2) is 18.1 Å². The molecule has 1 aromatic rings. The largest absolute Gasteiger partial charge is 0.490 e. The van der Waals surface area contributed by atoms with E-state index >= 15 is 0 Å². The van der Waals surface area contributed by atoms with E-state index in [2.05, 4.69) is 10.5 Å². The number of carbonyl (C=O) groups excluding carboxylic acids is 2. The Hall–Kier alpha value is -2.77. The van der Waals surface area contributed by atoms with Crippen molar-refractivity contribution in [3.8, 4) is 11.5 Å². The first-order chi connectivity index (χ1) is 10.4. The number of hydrazone groups is 1. The predicted octanol–water partition coefficient (Wildman–Crippen LogP) is 0.554. The first-order valence-corrected chi connectivity index (χ1v) is 6.62. The van der Waals surface area contributed by atoms with Crippen molar-refractivity contribution in [2.45, 2.75) is 6.92 Å². The summed E-state index contributed by atoms with van der Waals surface area (Å²) in [4.78, 5) is 23.5. The number of nitrogens with zero attached hydrogens (tertiary/aromatic N) is 2. The molecule has 8 nitrogen and oxygen atoms in total. The molecule has 0 aliphatic rings. The lowest BCUT2D eigenvalue weighted by Crippen LogP contribution is -2.27. The zero-order chi connectivity index (χ0) is 16.5. The molecule has 0 aromatic heterocycles. The summed E-state index contributed by atoms with van der Waals surface area (Å²) in [6, 6.07) is 4.32. The number of rotatable bonds is 7. The summed E-state index contributed by atoms with van der Waals surface area (Å²) in [5.41, 5.74) is 7.69. The third-order valence-corrected chi connectivity index (χ3v) is 2.51. The molecule has 0 radical (unpaired) electrons. The number of nitrogens with one attached hydrogen (secondary N) is 1. The highest BCUT2D eigenvalue weighted by molar-refractivity contribution is 5.82. The van der Waals surface area contributed by atoms with E-state index in [4.69, 9.17) is 15.2 Å². The molecule has 22 heavy (non-hydrogen) atoms. The summed E-state index contributed by atoms with van der Waals surface area (Å²) in [5.74, 6) is 0.785. The number of amides is 3. The lowest BCUT2D eigenvalue weighted by Gasteiger charge is -2.14. The van der Waals surface area contributed by atoms with E-state index in [9.17, 15) is 9.59 Å². The van der Waals surface area contributed by atoms with Gasteiger partial charge in [-0.3, -0.25) is 4.79 Å². The molecule has 0 atom stereocenters. The molecule has 0 bridgehead atoms. The van der Waals surface area contributed by atoms with E-state index in [1.54, 1.807) is 32.3 Å². The second kappa shape index (κ2) is 8.50. The van der Waals surface area contributed by atoms with Gasteiger partial charge in [0.25, 0.3) is 5.91 Å². The topological polar surface area (TPSA) is 106 Å². The first-order valence-electron chi connectivity index (χ1n) is 6.62. The Kier molecular flexibility index (Phi) is 6.68. The highest BCUT2D eigenvalue weighted by Crippen LogP contribution is 2.28. The minimum absolute atomic E-state index is 0.0796. The number of benzene rings is 1. The number of carbonyl (C=O) groups is 2. The van der Waals surface area contributed by atoms with Crippen molar-refractivity contribution in [3.63, 3.8) is 0 Å². The van der Waals surface area contributed by atoms with E-state index in [0.717, 1.165) is 0 Å². The third kappa shape index (κ3) is 5.70. The molecule has 0 spiro atoms. The monoisotopic (exact) mass is 308 g/mol. The van der Waals surface area contributed by atoms with Crippen LogP contribution in [0.4, 0.5) is 4.79 Å². The summed E-state index contributed by atoms with van der Waals surface area (Å²) in [6.45, 7) is 2.20.